The first-order chi connectivity index (χ1) is 10.6. The van der Waals surface area contributed by atoms with Crippen molar-refractivity contribution in [1.29, 1.82) is 0 Å². The third-order valence-electron chi connectivity index (χ3n) is 3.78. The minimum Gasteiger partial charge on any atom is -0.354 e. The van der Waals surface area contributed by atoms with Gasteiger partial charge in [-0.1, -0.05) is 18.2 Å². The van der Waals surface area contributed by atoms with Gasteiger partial charge in [-0.15, -0.1) is 0 Å². The number of para-hydroxylation sites is 1. The van der Waals surface area contributed by atoms with Gasteiger partial charge < -0.3 is 10.2 Å². The number of rotatable bonds is 5. The summed E-state index contributed by atoms with van der Waals surface area (Å²) in [6.45, 7) is 9.47. The van der Waals surface area contributed by atoms with Gasteiger partial charge in [0.1, 0.15) is 5.69 Å². The first-order valence-corrected chi connectivity index (χ1v) is 7.65. The Kier molecular flexibility index (Phi) is 5.15. The van der Waals surface area contributed by atoms with Gasteiger partial charge in [-0.2, -0.15) is 0 Å². The highest BCUT2D eigenvalue weighted by atomic mass is 16.2. The maximum absolute atomic E-state index is 12.2. The number of hydrogen-bond acceptors (Lipinski definition) is 3. The Bertz CT molecular complexity index is 626. The molecular weight excluding hydrogens is 274 g/mol. The zero-order chi connectivity index (χ0) is 16.1. The average Bonchev–Trinajstić information content (AvgIpc) is 2.53. The van der Waals surface area contributed by atoms with E-state index in [9.17, 15) is 4.79 Å². The van der Waals surface area contributed by atoms with Crippen molar-refractivity contribution in [1.82, 2.24) is 9.88 Å². The molecule has 0 bridgehead atoms. The Morgan fingerprint density at radius 3 is 2.23 bits per heavy atom. The first-order valence-electron chi connectivity index (χ1n) is 7.65. The van der Waals surface area contributed by atoms with E-state index in [1.54, 1.807) is 17.2 Å². The lowest BCUT2D eigenvalue weighted by Crippen LogP contribution is -2.31. The highest BCUT2D eigenvalue weighted by molar-refractivity contribution is 5.92. The van der Waals surface area contributed by atoms with E-state index in [1.807, 2.05) is 26.0 Å². The topological polar surface area (TPSA) is 45.2 Å². The van der Waals surface area contributed by atoms with E-state index in [0.29, 0.717) is 18.8 Å². The molecule has 116 valence electrons. The molecule has 22 heavy (non-hydrogen) atoms. The van der Waals surface area contributed by atoms with Crippen molar-refractivity contribution >= 4 is 17.3 Å². The predicted octanol–water partition coefficient (Wildman–Crippen LogP) is 3.92. The van der Waals surface area contributed by atoms with E-state index in [2.05, 4.69) is 36.3 Å². The van der Waals surface area contributed by atoms with Gasteiger partial charge in [-0.25, -0.2) is 4.98 Å². The van der Waals surface area contributed by atoms with Gasteiger partial charge in [0.2, 0.25) is 0 Å². The fraction of sp³-hybridized carbons (Fsp3) is 0.333. The van der Waals surface area contributed by atoms with Crippen molar-refractivity contribution in [3.8, 4) is 0 Å². The summed E-state index contributed by atoms with van der Waals surface area (Å²) in [6.07, 6.45) is 1.71. The van der Waals surface area contributed by atoms with E-state index in [0.717, 1.165) is 11.4 Å². The molecule has 0 atom stereocenters. The van der Waals surface area contributed by atoms with E-state index in [-0.39, 0.29) is 5.91 Å². The number of carbonyl (C=O) groups excluding carboxylic acids is 1. The molecule has 0 radical (unpaired) electrons. The van der Waals surface area contributed by atoms with Gasteiger partial charge in [-0.05, 0) is 51.0 Å². The molecule has 1 aromatic carbocycles. The minimum absolute atomic E-state index is 0.0244. The maximum atomic E-state index is 12.2. The third kappa shape index (κ3) is 3.45. The number of aromatic nitrogens is 1. The summed E-state index contributed by atoms with van der Waals surface area (Å²) in [5, 5.41) is 3.38. The molecule has 0 saturated heterocycles. The second-order valence-electron chi connectivity index (χ2n) is 5.30. The van der Waals surface area contributed by atoms with Crippen molar-refractivity contribution < 1.29 is 4.79 Å². The van der Waals surface area contributed by atoms with E-state index < -0.39 is 0 Å². The summed E-state index contributed by atoms with van der Waals surface area (Å²) in [6, 6.07) is 9.86. The summed E-state index contributed by atoms with van der Waals surface area (Å²) in [5.74, 6) is -0.0244. The molecule has 2 rings (SSSR count). The standard InChI is InChI=1S/C18H23N3O/c1-5-21(6-2)18(22)16-11-10-15(12-19-16)20-17-13(3)8-7-9-14(17)4/h7-12,20H,5-6H2,1-4H3. The van der Waals surface area contributed by atoms with Crippen LogP contribution in [0.1, 0.15) is 35.5 Å². The largest absolute Gasteiger partial charge is 0.354 e. The van der Waals surface area contributed by atoms with E-state index >= 15 is 0 Å². The lowest BCUT2D eigenvalue weighted by Gasteiger charge is -2.18. The molecule has 0 fully saturated rings. The lowest BCUT2D eigenvalue weighted by atomic mass is 10.1. The highest BCUT2D eigenvalue weighted by Crippen LogP contribution is 2.23. The number of benzene rings is 1. The molecule has 2 aromatic rings. The highest BCUT2D eigenvalue weighted by Gasteiger charge is 2.13. The van der Waals surface area contributed by atoms with Gasteiger partial charge in [0.25, 0.3) is 5.91 Å². The number of nitrogens with zero attached hydrogens (tertiary/aromatic N) is 2. The number of aryl methyl sites for hydroxylation is 2. The molecule has 4 nitrogen and oxygen atoms in total. The summed E-state index contributed by atoms with van der Waals surface area (Å²) in [7, 11) is 0. The van der Waals surface area contributed by atoms with Crippen LogP contribution in [0, 0.1) is 13.8 Å². The van der Waals surface area contributed by atoms with Crippen molar-refractivity contribution in [2.45, 2.75) is 27.7 Å². The molecule has 4 heteroatoms. The lowest BCUT2D eigenvalue weighted by molar-refractivity contribution is 0.0767. The summed E-state index contributed by atoms with van der Waals surface area (Å²) in [5.41, 5.74) is 4.82. The number of pyridine rings is 1. The zero-order valence-corrected chi connectivity index (χ0v) is 13.7. The number of nitrogens with one attached hydrogen (secondary N) is 1. The van der Waals surface area contributed by atoms with Crippen molar-refractivity contribution in [3.05, 3.63) is 53.3 Å². The number of amides is 1. The zero-order valence-electron chi connectivity index (χ0n) is 13.7. The molecule has 1 N–H and O–H groups in total. The Balaban J connectivity index is 2.17. The van der Waals surface area contributed by atoms with Crippen LogP contribution < -0.4 is 5.32 Å². The second-order valence-corrected chi connectivity index (χ2v) is 5.30. The van der Waals surface area contributed by atoms with Crippen LogP contribution in [-0.2, 0) is 0 Å². The molecule has 1 heterocycles. The maximum Gasteiger partial charge on any atom is 0.272 e. The fourth-order valence-electron chi connectivity index (χ4n) is 2.42. The van der Waals surface area contributed by atoms with Crippen LogP contribution in [-0.4, -0.2) is 28.9 Å². The van der Waals surface area contributed by atoms with Gasteiger partial charge in [0.05, 0.1) is 11.9 Å². The van der Waals surface area contributed by atoms with Crippen LogP contribution in [0.4, 0.5) is 11.4 Å². The van der Waals surface area contributed by atoms with Gasteiger partial charge >= 0.3 is 0 Å². The summed E-state index contributed by atoms with van der Waals surface area (Å²) in [4.78, 5) is 18.3. The van der Waals surface area contributed by atoms with Crippen LogP contribution in [0.2, 0.25) is 0 Å². The number of carbonyl (C=O) groups is 1. The van der Waals surface area contributed by atoms with Gasteiger partial charge in [-0.3, -0.25) is 4.79 Å². The third-order valence-corrected chi connectivity index (χ3v) is 3.78. The molecule has 0 aliphatic carbocycles. The molecule has 0 saturated carbocycles. The molecule has 1 aromatic heterocycles. The molecular formula is C18H23N3O. The Morgan fingerprint density at radius 2 is 1.73 bits per heavy atom. The van der Waals surface area contributed by atoms with E-state index in [1.165, 1.54) is 11.1 Å². The predicted molar refractivity (Wildman–Crippen MR) is 90.7 cm³/mol. The van der Waals surface area contributed by atoms with Crippen LogP contribution in [0.3, 0.4) is 0 Å². The Morgan fingerprint density at radius 1 is 1.09 bits per heavy atom. The Labute approximate surface area is 132 Å². The van der Waals surface area contributed by atoms with Crippen molar-refractivity contribution in [2.24, 2.45) is 0 Å². The molecule has 1 amide bonds. The quantitative estimate of drug-likeness (QED) is 0.909. The van der Waals surface area contributed by atoms with Crippen LogP contribution >= 0.6 is 0 Å². The fourth-order valence-corrected chi connectivity index (χ4v) is 2.42. The van der Waals surface area contributed by atoms with Crippen LogP contribution in [0.25, 0.3) is 0 Å². The number of hydrogen-bond donors (Lipinski definition) is 1. The summed E-state index contributed by atoms with van der Waals surface area (Å²) >= 11 is 0. The minimum atomic E-state index is -0.0244. The van der Waals surface area contributed by atoms with Crippen LogP contribution in [0.5, 0.6) is 0 Å². The second kappa shape index (κ2) is 7.07. The normalized spacial score (nSPS) is 10.4. The first kappa shape index (κ1) is 16.0. The molecule has 0 aliphatic heterocycles. The van der Waals surface area contributed by atoms with Crippen LogP contribution in [0.15, 0.2) is 36.5 Å². The Hall–Kier alpha value is -2.36. The molecule has 0 aliphatic rings. The molecule has 0 unspecified atom stereocenters. The average molecular weight is 297 g/mol. The van der Waals surface area contributed by atoms with Gasteiger partial charge in [0.15, 0.2) is 0 Å². The monoisotopic (exact) mass is 297 g/mol. The van der Waals surface area contributed by atoms with Crippen molar-refractivity contribution in [2.75, 3.05) is 18.4 Å². The van der Waals surface area contributed by atoms with E-state index in [4.69, 9.17) is 0 Å². The van der Waals surface area contributed by atoms with Gasteiger partial charge in [0, 0.05) is 18.8 Å². The number of anilines is 2. The molecule has 0 spiro atoms. The smallest absolute Gasteiger partial charge is 0.272 e. The van der Waals surface area contributed by atoms with Crippen molar-refractivity contribution in [3.63, 3.8) is 0 Å². The summed E-state index contributed by atoms with van der Waals surface area (Å²) < 4.78 is 0. The SMILES string of the molecule is CCN(CC)C(=O)c1ccc(Nc2c(C)cccc2C)cn1.